The summed E-state index contributed by atoms with van der Waals surface area (Å²) in [5.74, 6) is 1.03. The smallest absolute Gasteiger partial charge is 0.193 e. The molecule has 5 heteroatoms. The molecule has 1 fully saturated rings. The SMILES string of the molecule is CCCCN(C)C(=NCCCN1CCC(O)CC1)NCC. The summed E-state index contributed by atoms with van der Waals surface area (Å²) in [4.78, 5) is 9.39. The van der Waals surface area contributed by atoms with E-state index in [4.69, 9.17) is 4.99 Å². The number of hydrogen-bond acceptors (Lipinski definition) is 3. The van der Waals surface area contributed by atoms with Gasteiger partial charge in [0, 0.05) is 39.8 Å². The van der Waals surface area contributed by atoms with Gasteiger partial charge in [-0.3, -0.25) is 4.99 Å². The molecule has 21 heavy (non-hydrogen) atoms. The van der Waals surface area contributed by atoms with Crippen LogP contribution in [-0.2, 0) is 0 Å². The zero-order valence-electron chi connectivity index (χ0n) is 14.1. The van der Waals surface area contributed by atoms with E-state index in [1.54, 1.807) is 0 Å². The van der Waals surface area contributed by atoms with Crippen LogP contribution in [0.1, 0.15) is 46.0 Å². The molecule has 124 valence electrons. The van der Waals surface area contributed by atoms with Gasteiger partial charge in [0.15, 0.2) is 5.96 Å². The molecule has 1 aliphatic heterocycles. The van der Waals surface area contributed by atoms with Gasteiger partial charge in [-0.25, -0.2) is 0 Å². The summed E-state index contributed by atoms with van der Waals surface area (Å²) < 4.78 is 0. The van der Waals surface area contributed by atoms with Crippen LogP contribution in [0.25, 0.3) is 0 Å². The highest BCUT2D eigenvalue weighted by Crippen LogP contribution is 2.09. The van der Waals surface area contributed by atoms with Crippen molar-refractivity contribution in [1.82, 2.24) is 15.1 Å². The van der Waals surface area contributed by atoms with Gasteiger partial charge in [0.05, 0.1) is 6.10 Å². The fraction of sp³-hybridized carbons (Fsp3) is 0.938. The van der Waals surface area contributed by atoms with Crippen molar-refractivity contribution in [2.75, 3.05) is 46.3 Å². The van der Waals surface area contributed by atoms with Gasteiger partial charge < -0.3 is 20.2 Å². The molecule has 0 amide bonds. The van der Waals surface area contributed by atoms with Crippen molar-refractivity contribution in [3.05, 3.63) is 0 Å². The first-order valence-electron chi connectivity index (χ1n) is 8.57. The van der Waals surface area contributed by atoms with Crippen molar-refractivity contribution >= 4 is 5.96 Å². The standard InChI is InChI=1S/C16H34N4O/c1-4-6-11-19(3)16(17-5-2)18-10-7-12-20-13-8-15(21)9-14-20/h15,21H,4-14H2,1-3H3,(H,17,18). The number of piperidine rings is 1. The van der Waals surface area contributed by atoms with Crippen molar-refractivity contribution < 1.29 is 5.11 Å². The Hall–Kier alpha value is -0.810. The lowest BCUT2D eigenvalue weighted by atomic mass is 10.1. The molecule has 0 saturated carbocycles. The molecule has 5 nitrogen and oxygen atoms in total. The molecular weight excluding hydrogens is 264 g/mol. The molecule has 0 radical (unpaired) electrons. The zero-order chi connectivity index (χ0) is 15.5. The molecule has 2 N–H and O–H groups in total. The summed E-state index contributed by atoms with van der Waals surface area (Å²) in [5, 5.41) is 12.9. The van der Waals surface area contributed by atoms with E-state index < -0.39 is 0 Å². The van der Waals surface area contributed by atoms with Gasteiger partial charge in [0.2, 0.25) is 0 Å². The van der Waals surface area contributed by atoms with Crippen molar-refractivity contribution in [2.24, 2.45) is 4.99 Å². The number of hydrogen-bond donors (Lipinski definition) is 2. The lowest BCUT2D eigenvalue weighted by molar-refractivity contribution is 0.0824. The topological polar surface area (TPSA) is 51.1 Å². The maximum atomic E-state index is 9.50. The average molecular weight is 298 g/mol. The summed E-state index contributed by atoms with van der Waals surface area (Å²) in [6.45, 7) is 10.3. The Bertz CT molecular complexity index is 288. The summed E-state index contributed by atoms with van der Waals surface area (Å²) in [7, 11) is 2.11. The fourth-order valence-corrected chi connectivity index (χ4v) is 2.59. The van der Waals surface area contributed by atoms with Gasteiger partial charge in [-0.1, -0.05) is 13.3 Å². The van der Waals surface area contributed by atoms with E-state index in [0.29, 0.717) is 0 Å². The Balaban J connectivity index is 2.26. The van der Waals surface area contributed by atoms with Crippen LogP contribution >= 0.6 is 0 Å². The number of unbranched alkanes of at least 4 members (excludes halogenated alkanes) is 1. The second-order valence-electron chi connectivity index (χ2n) is 5.94. The summed E-state index contributed by atoms with van der Waals surface area (Å²) in [6, 6.07) is 0. The van der Waals surface area contributed by atoms with Crippen LogP contribution in [0, 0.1) is 0 Å². The van der Waals surface area contributed by atoms with E-state index in [1.165, 1.54) is 12.8 Å². The summed E-state index contributed by atoms with van der Waals surface area (Å²) >= 11 is 0. The minimum Gasteiger partial charge on any atom is -0.393 e. The van der Waals surface area contributed by atoms with Gasteiger partial charge in [-0.05, 0) is 39.2 Å². The first-order chi connectivity index (χ1) is 10.2. The predicted octanol–water partition coefficient (Wildman–Crippen LogP) is 1.53. The Morgan fingerprint density at radius 2 is 2.00 bits per heavy atom. The zero-order valence-corrected chi connectivity index (χ0v) is 14.1. The number of likely N-dealkylation sites (tertiary alicyclic amines) is 1. The van der Waals surface area contributed by atoms with E-state index in [9.17, 15) is 5.11 Å². The molecule has 1 rings (SSSR count). The van der Waals surface area contributed by atoms with Gasteiger partial charge in [0.1, 0.15) is 0 Å². The van der Waals surface area contributed by atoms with Crippen molar-refractivity contribution in [2.45, 2.75) is 52.1 Å². The van der Waals surface area contributed by atoms with Crippen LogP contribution in [0.2, 0.25) is 0 Å². The second kappa shape index (κ2) is 10.9. The molecule has 0 aliphatic carbocycles. The second-order valence-corrected chi connectivity index (χ2v) is 5.94. The minimum absolute atomic E-state index is 0.0770. The summed E-state index contributed by atoms with van der Waals surface area (Å²) in [5.41, 5.74) is 0. The first-order valence-corrected chi connectivity index (χ1v) is 8.57. The monoisotopic (exact) mass is 298 g/mol. The number of nitrogens with zero attached hydrogens (tertiary/aromatic N) is 3. The lowest BCUT2D eigenvalue weighted by Crippen LogP contribution is -2.39. The largest absolute Gasteiger partial charge is 0.393 e. The molecule has 0 aromatic heterocycles. The van der Waals surface area contributed by atoms with Crippen molar-refractivity contribution in [3.8, 4) is 0 Å². The Morgan fingerprint density at radius 3 is 2.62 bits per heavy atom. The number of guanidine groups is 1. The maximum absolute atomic E-state index is 9.50. The number of aliphatic imine (C=N–C) groups is 1. The lowest BCUT2D eigenvalue weighted by Gasteiger charge is -2.29. The van der Waals surface area contributed by atoms with E-state index >= 15 is 0 Å². The Labute approximate surface area is 130 Å². The molecule has 0 unspecified atom stereocenters. The van der Waals surface area contributed by atoms with Crippen LogP contribution in [0.5, 0.6) is 0 Å². The molecule has 0 aromatic carbocycles. The quantitative estimate of drug-likeness (QED) is 0.405. The number of nitrogens with one attached hydrogen (secondary N) is 1. The van der Waals surface area contributed by atoms with Gasteiger partial charge >= 0.3 is 0 Å². The highest BCUT2D eigenvalue weighted by molar-refractivity contribution is 5.79. The van der Waals surface area contributed by atoms with E-state index in [0.717, 1.165) is 64.5 Å². The van der Waals surface area contributed by atoms with E-state index in [1.807, 2.05) is 0 Å². The molecular formula is C16H34N4O. The first kappa shape index (κ1) is 18.2. The maximum Gasteiger partial charge on any atom is 0.193 e. The number of aliphatic hydroxyl groups excluding tert-OH is 1. The van der Waals surface area contributed by atoms with Gasteiger partial charge in [-0.15, -0.1) is 0 Å². The van der Waals surface area contributed by atoms with Crippen LogP contribution in [0.15, 0.2) is 4.99 Å². The third-order valence-corrected chi connectivity index (χ3v) is 3.99. The molecule has 0 spiro atoms. The fourth-order valence-electron chi connectivity index (χ4n) is 2.59. The van der Waals surface area contributed by atoms with Crippen LogP contribution in [0.4, 0.5) is 0 Å². The Kier molecular flexibility index (Phi) is 9.42. The molecule has 1 aliphatic rings. The average Bonchev–Trinajstić information content (AvgIpc) is 2.49. The van der Waals surface area contributed by atoms with Crippen molar-refractivity contribution in [1.29, 1.82) is 0 Å². The summed E-state index contributed by atoms with van der Waals surface area (Å²) in [6.07, 6.45) is 5.28. The third-order valence-electron chi connectivity index (χ3n) is 3.99. The number of rotatable bonds is 8. The normalized spacial score (nSPS) is 18.0. The molecule has 1 saturated heterocycles. The molecule has 0 atom stereocenters. The van der Waals surface area contributed by atoms with Crippen molar-refractivity contribution in [3.63, 3.8) is 0 Å². The Morgan fingerprint density at radius 1 is 1.29 bits per heavy atom. The highest BCUT2D eigenvalue weighted by Gasteiger charge is 2.15. The van der Waals surface area contributed by atoms with Gasteiger partial charge in [-0.2, -0.15) is 0 Å². The third kappa shape index (κ3) is 7.67. The van der Waals surface area contributed by atoms with E-state index in [-0.39, 0.29) is 6.10 Å². The van der Waals surface area contributed by atoms with Crippen LogP contribution in [-0.4, -0.2) is 73.3 Å². The van der Waals surface area contributed by atoms with E-state index in [2.05, 4.69) is 36.0 Å². The van der Waals surface area contributed by atoms with Crippen LogP contribution < -0.4 is 5.32 Å². The van der Waals surface area contributed by atoms with Crippen LogP contribution in [0.3, 0.4) is 0 Å². The minimum atomic E-state index is -0.0770. The predicted molar refractivity (Wildman–Crippen MR) is 89.8 cm³/mol. The molecule has 0 bridgehead atoms. The number of aliphatic hydroxyl groups is 1. The molecule has 0 aromatic rings. The highest BCUT2D eigenvalue weighted by atomic mass is 16.3. The van der Waals surface area contributed by atoms with Gasteiger partial charge in [0.25, 0.3) is 0 Å². The molecule has 1 heterocycles.